The first-order valence-corrected chi connectivity index (χ1v) is 5.77. The molecule has 0 atom stereocenters. The number of H-pyrrole nitrogens is 1. The van der Waals surface area contributed by atoms with E-state index in [4.69, 9.17) is 4.74 Å². The third-order valence-corrected chi connectivity index (χ3v) is 2.54. The van der Waals surface area contributed by atoms with Crippen molar-refractivity contribution in [3.05, 3.63) is 46.3 Å². The lowest BCUT2D eigenvalue weighted by atomic mass is 10.1. The van der Waals surface area contributed by atoms with Crippen molar-refractivity contribution in [3.8, 4) is 5.75 Å². The highest BCUT2D eigenvalue weighted by Crippen LogP contribution is 2.29. The maximum Gasteiger partial charge on any atom is 0.235 e. The summed E-state index contributed by atoms with van der Waals surface area (Å²) in [4.78, 5) is 13.0. The second kappa shape index (κ2) is 5.35. The molecule has 0 fully saturated rings. The van der Waals surface area contributed by atoms with Gasteiger partial charge in [-0.2, -0.15) is 0 Å². The summed E-state index contributed by atoms with van der Waals surface area (Å²) in [5.74, 6) is 0.749. The number of nitrogens with zero attached hydrogens (tertiary/aromatic N) is 1. The average molecular weight is 246 g/mol. The van der Waals surface area contributed by atoms with Crippen LogP contribution in [0.3, 0.4) is 0 Å². The summed E-state index contributed by atoms with van der Waals surface area (Å²) >= 11 is 0. The van der Waals surface area contributed by atoms with E-state index in [0.29, 0.717) is 6.61 Å². The molecule has 0 aliphatic heterocycles. The first-order chi connectivity index (χ1) is 8.72. The Balaban J connectivity index is 2.44. The first-order valence-electron chi connectivity index (χ1n) is 5.77. The molecule has 0 radical (unpaired) electrons. The Morgan fingerprint density at radius 3 is 3.06 bits per heavy atom. The maximum atomic E-state index is 10.4. The number of fused-ring (bicyclic) bond motifs is 1. The second-order valence-corrected chi connectivity index (χ2v) is 3.87. The van der Waals surface area contributed by atoms with Gasteiger partial charge in [0.25, 0.3) is 0 Å². The fraction of sp³-hybridized carbons (Fsp3) is 0.231. The number of rotatable bonds is 5. The predicted octanol–water partition coefficient (Wildman–Crippen LogP) is 3.20. The van der Waals surface area contributed by atoms with Crippen LogP contribution in [0.15, 0.2) is 30.6 Å². The minimum atomic E-state index is -0.478. The summed E-state index contributed by atoms with van der Waals surface area (Å²) in [5, 5.41) is 11.2. The SMILES string of the molecule is CCCOc1cccc2[nH]cc(C=C[N+](=O)[O-])c12. The fourth-order valence-electron chi connectivity index (χ4n) is 1.78. The van der Waals surface area contributed by atoms with Crippen LogP contribution in [0.5, 0.6) is 5.75 Å². The van der Waals surface area contributed by atoms with Crippen LogP contribution in [0.2, 0.25) is 0 Å². The van der Waals surface area contributed by atoms with Crippen molar-refractivity contribution in [1.29, 1.82) is 0 Å². The average Bonchev–Trinajstić information content (AvgIpc) is 2.77. The van der Waals surface area contributed by atoms with Gasteiger partial charge >= 0.3 is 0 Å². The van der Waals surface area contributed by atoms with E-state index in [1.54, 1.807) is 6.20 Å². The molecule has 94 valence electrons. The lowest BCUT2D eigenvalue weighted by Crippen LogP contribution is -1.95. The minimum absolute atomic E-state index is 0.478. The minimum Gasteiger partial charge on any atom is -0.493 e. The Morgan fingerprint density at radius 2 is 2.33 bits per heavy atom. The molecule has 1 aromatic heterocycles. The number of hydrogen-bond acceptors (Lipinski definition) is 3. The lowest BCUT2D eigenvalue weighted by molar-refractivity contribution is -0.400. The summed E-state index contributed by atoms with van der Waals surface area (Å²) in [7, 11) is 0. The zero-order valence-corrected chi connectivity index (χ0v) is 10.1. The van der Waals surface area contributed by atoms with Crippen LogP contribution in [0.4, 0.5) is 0 Å². The predicted molar refractivity (Wildman–Crippen MR) is 70.1 cm³/mol. The zero-order valence-electron chi connectivity index (χ0n) is 10.1. The normalized spacial score (nSPS) is 11.2. The van der Waals surface area contributed by atoms with E-state index in [-0.39, 0.29) is 0 Å². The first kappa shape index (κ1) is 12.2. The molecule has 1 aromatic carbocycles. The van der Waals surface area contributed by atoms with Gasteiger partial charge in [0.1, 0.15) is 5.75 Å². The van der Waals surface area contributed by atoms with Crippen LogP contribution in [-0.4, -0.2) is 16.5 Å². The van der Waals surface area contributed by atoms with Gasteiger partial charge in [-0.15, -0.1) is 0 Å². The lowest BCUT2D eigenvalue weighted by Gasteiger charge is -2.06. The van der Waals surface area contributed by atoms with Crippen LogP contribution < -0.4 is 4.74 Å². The van der Waals surface area contributed by atoms with E-state index in [9.17, 15) is 10.1 Å². The number of aromatic amines is 1. The van der Waals surface area contributed by atoms with Gasteiger partial charge < -0.3 is 9.72 Å². The number of nitro groups is 1. The van der Waals surface area contributed by atoms with E-state index in [1.807, 2.05) is 25.1 Å². The fourth-order valence-corrected chi connectivity index (χ4v) is 1.78. The molecule has 0 unspecified atom stereocenters. The van der Waals surface area contributed by atoms with E-state index in [0.717, 1.165) is 34.8 Å². The van der Waals surface area contributed by atoms with Crippen LogP contribution in [0.25, 0.3) is 17.0 Å². The Bertz CT molecular complexity index is 587. The van der Waals surface area contributed by atoms with Crippen molar-refractivity contribution in [2.75, 3.05) is 6.61 Å². The van der Waals surface area contributed by atoms with Crippen molar-refractivity contribution >= 4 is 17.0 Å². The smallest absolute Gasteiger partial charge is 0.235 e. The van der Waals surface area contributed by atoms with Crippen molar-refractivity contribution < 1.29 is 9.66 Å². The molecule has 0 bridgehead atoms. The molecule has 1 N–H and O–H groups in total. The molecule has 18 heavy (non-hydrogen) atoms. The molecule has 0 saturated carbocycles. The summed E-state index contributed by atoms with van der Waals surface area (Å²) in [5.41, 5.74) is 1.67. The highest BCUT2D eigenvalue weighted by molar-refractivity contribution is 5.93. The quantitative estimate of drug-likeness (QED) is 0.650. The molecule has 0 spiro atoms. The summed E-state index contributed by atoms with van der Waals surface area (Å²) < 4.78 is 5.65. The van der Waals surface area contributed by atoms with Gasteiger partial charge in [0, 0.05) is 28.7 Å². The van der Waals surface area contributed by atoms with Gasteiger partial charge in [0.15, 0.2) is 0 Å². The standard InChI is InChI=1S/C13H14N2O3/c1-2-8-18-12-5-3-4-11-13(12)10(9-14-11)6-7-15(16)17/h3-7,9,14H,2,8H2,1H3. The highest BCUT2D eigenvalue weighted by atomic mass is 16.6. The van der Waals surface area contributed by atoms with Crippen molar-refractivity contribution in [2.24, 2.45) is 0 Å². The van der Waals surface area contributed by atoms with Crippen molar-refractivity contribution in [3.63, 3.8) is 0 Å². The number of nitrogens with one attached hydrogen (secondary N) is 1. The van der Waals surface area contributed by atoms with Gasteiger partial charge in [-0.25, -0.2) is 0 Å². The Hall–Kier alpha value is -2.30. The summed E-state index contributed by atoms with van der Waals surface area (Å²) in [6.45, 7) is 2.66. The molecular weight excluding hydrogens is 232 g/mol. The zero-order chi connectivity index (χ0) is 13.0. The number of hydrogen-bond donors (Lipinski definition) is 1. The monoisotopic (exact) mass is 246 g/mol. The molecule has 2 rings (SSSR count). The molecule has 5 heteroatoms. The van der Waals surface area contributed by atoms with Gasteiger partial charge in [-0.1, -0.05) is 13.0 Å². The molecular formula is C13H14N2O3. The van der Waals surface area contributed by atoms with Gasteiger partial charge in [0.2, 0.25) is 6.20 Å². The second-order valence-electron chi connectivity index (χ2n) is 3.87. The Labute approximate surface area is 104 Å². The van der Waals surface area contributed by atoms with Gasteiger partial charge in [-0.05, 0) is 18.6 Å². The van der Waals surface area contributed by atoms with Crippen LogP contribution in [0, 0.1) is 10.1 Å². The molecule has 0 aliphatic rings. The molecule has 2 aromatic rings. The molecule has 0 aliphatic carbocycles. The summed E-state index contributed by atoms with van der Waals surface area (Å²) in [6.07, 6.45) is 5.06. The summed E-state index contributed by atoms with van der Waals surface area (Å²) in [6, 6.07) is 5.68. The molecule has 1 heterocycles. The van der Waals surface area contributed by atoms with E-state index in [2.05, 4.69) is 4.98 Å². The number of ether oxygens (including phenoxy) is 1. The van der Waals surface area contributed by atoms with Crippen molar-refractivity contribution in [2.45, 2.75) is 13.3 Å². The van der Waals surface area contributed by atoms with E-state index < -0.39 is 4.92 Å². The topological polar surface area (TPSA) is 68.2 Å². The number of aromatic nitrogens is 1. The molecule has 5 nitrogen and oxygen atoms in total. The van der Waals surface area contributed by atoms with Crippen LogP contribution in [-0.2, 0) is 0 Å². The molecule has 0 saturated heterocycles. The van der Waals surface area contributed by atoms with Crippen LogP contribution in [0.1, 0.15) is 18.9 Å². The Kier molecular flexibility index (Phi) is 3.62. The molecule has 0 amide bonds. The number of benzene rings is 1. The van der Waals surface area contributed by atoms with Gasteiger partial charge in [-0.3, -0.25) is 10.1 Å². The van der Waals surface area contributed by atoms with E-state index >= 15 is 0 Å². The third-order valence-electron chi connectivity index (χ3n) is 2.54. The van der Waals surface area contributed by atoms with E-state index in [1.165, 1.54) is 6.08 Å². The highest BCUT2D eigenvalue weighted by Gasteiger charge is 2.08. The third kappa shape index (κ3) is 2.51. The van der Waals surface area contributed by atoms with Crippen molar-refractivity contribution in [1.82, 2.24) is 4.98 Å². The van der Waals surface area contributed by atoms with Crippen LogP contribution >= 0.6 is 0 Å². The van der Waals surface area contributed by atoms with Gasteiger partial charge in [0.05, 0.1) is 11.5 Å². The maximum absolute atomic E-state index is 10.4. The Morgan fingerprint density at radius 1 is 1.50 bits per heavy atom. The largest absolute Gasteiger partial charge is 0.493 e.